The molecule has 0 unspecified atom stereocenters. The first-order valence-corrected chi connectivity index (χ1v) is 20.1. The Labute approximate surface area is 336 Å². The largest absolute Gasteiger partial charge is 0.376 e. The molecule has 4 heterocycles. The van der Waals surface area contributed by atoms with Crippen molar-refractivity contribution in [2.75, 3.05) is 4.81 Å². The Morgan fingerprint density at radius 1 is 0.293 bits per heavy atom. The van der Waals surface area contributed by atoms with Gasteiger partial charge in [0.25, 0.3) is 0 Å². The second kappa shape index (κ2) is 12.0. The molecule has 0 saturated carbocycles. The molecule has 0 bridgehead atoms. The van der Waals surface area contributed by atoms with Crippen LogP contribution in [0, 0.1) is 0 Å². The maximum atomic E-state index is 2.60. The lowest BCUT2D eigenvalue weighted by atomic mass is 9.43. The van der Waals surface area contributed by atoms with Crippen molar-refractivity contribution in [1.82, 2.24) is 9.13 Å². The summed E-state index contributed by atoms with van der Waals surface area (Å²) in [6.45, 7) is -0.0191. The molecule has 13 rings (SSSR count). The zero-order chi connectivity index (χ0) is 37.9. The molecule has 3 nitrogen and oxygen atoms in total. The molecule has 0 amide bonds. The van der Waals surface area contributed by atoms with Gasteiger partial charge in [0.15, 0.2) is 0 Å². The van der Waals surface area contributed by atoms with E-state index >= 15 is 0 Å². The van der Waals surface area contributed by atoms with Gasteiger partial charge in [-0.25, -0.2) is 0 Å². The van der Waals surface area contributed by atoms with E-state index in [9.17, 15) is 0 Å². The van der Waals surface area contributed by atoms with Gasteiger partial charge in [-0.15, -0.1) is 0 Å². The summed E-state index contributed by atoms with van der Waals surface area (Å²) < 4.78 is 4.88. The minimum Gasteiger partial charge on any atom is -0.376 e. The van der Waals surface area contributed by atoms with E-state index in [0.29, 0.717) is 0 Å². The topological polar surface area (TPSA) is 13.1 Å². The van der Waals surface area contributed by atoms with Crippen molar-refractivity contribution in [3.63, 3.8) is 0 Å². The van der Waals surface area contributed by atoms with Crippen molar-refractivity contribution in [3.05, 3.63) is 206 Å². The van der Waals surface area contributed by atoms with Gasteiger partial charge in [-0.2, -0.15) is 0 Å². The molecular weight excluding hydrogens is 701 g/mol. The molecule has 0 radical (unpaired) electrons. The number of hydrogen-bond donors (Lipinski definition) is 0. The summed E-state index contributed by atoms with van der Waals surface area (Å²) in [6.07, 6.45) is 0. The third-order valence-electron chi connectivity index (χ3n) is 12.7. The molecule has 0 saturated heterocycles. The van der Waals surface area contributed by atoms with Crippen LogP contribution in [0.15, 0.2) is 206 Å². The normalized spacial score (nSPS) is 12.8. The van der Waals surface area contributed by atoms with Crippen LogP contribution in [-0.4, -0.2) is 16.0 Å². The second-order valence-electron chi connectivity index (χ2n) is 15.7. The first kappa shape index (κ1) is 31.6. The summed E-state index contributed by atoms with van der Waals surface area (Å²) >= 11 is 0. The Morgan fingerprint density at radius 3 is 1.29 bits per heavy atom. The Bertz CT molecular complexity index is 3380. The van der Waals surface area contributed by atoms with Crippen LogP contribution in [0.2, 0.25) is 0 Å². The van der Waals surface area contributed by atoms with Gasteiger partial charge in [-0.05, 0) is 99.9 Å². The summed E-state index contributed by atoms with van der Waals surface area (Å²) in [4.78, 5) is 2.60. The highest BCUT2D eigenvalue weighted by Gasteiger charge is 2.42. The van der Waals surface area contributed by atoms with Gasteiger partial charge in [-0.1, -0.05) is 140 Å². The Balaban J connectivity index is 1.08. The Hall–Kier alpha value is -7.56. The molecule has 2 aliphatic rings. The summed E-state index contributed by atoms with van der Waals surface area (Å²) in [5.74, 6) is 0. The monoisotopic (exact) mass is 735 g/mol. The maximum Gasteiger partial charge on any atom is 0.329 e. The predicted molar refractivity (Wildman–Crippen MR) is 245 cm³/mol. The highest BCUT2D eigenvalue weighted by molar-refractivity contribution is 6.92. The minimum atomic E-state index is -0.0191. The molecule has 268 valence electrons. The lowest BCUT2D eigenvalue weighted by Gasteiger charge is -2.43. The molecule has 58 heavy (non-hydrogen) atoms. The quantitative estimate of drug-likeness (QED) is 0.165. The van der Waals surface area contributed by atoms with Crippen molar-refractivity contribution in [3.8, 4) is 44.8 Å². The van der Waals surface area contributed by atoms with Gasteiger partial charge in [0.2, 0.25) is 0 Å². The van der Waals surface area contributed by atoms with E-state index in [1.54, 1.807) is 0 Å². The highest BCUT2D eigenvalue weighted by Crippen LogP contribution is 2.48. The highest BCUT2D eigenvalue weighted by atomic mass is 15.1. The average molecular weight is 736 g/mol. The molecule has 0 atom stereocenters. The number of fused-ring (bicyclic) bond motifs is 17. The average Bonchev–Trinajstić information content (AvgIpc) is 3.82. The first-order chi connectivity index (χ1) is 28.8. The molecule has 0 fully saturated rings. The van der Waals surface area contributed by atoms with E-state index in [4.69, 9.17) is 0 Å². The third kappa shape index (κ3) is 4.34. The standard InChI is InChI=1S/C54H34BN3/c1-2-14-35(15-3-1)36-26-31-54-46(32-36)45-34-38(57-51-23-11-6-18-41(51)42-19-7-12-24-52(42)57)28-30-48(45)55-47-29-27-37(33-44(47)43-20-8-13-25-53(43)58(54)55)56-49-21-9-4-16-39(49)40-17-5-10-22-50(40)56/h1-34H. The van der Waals surface area contributed by atoms with Crippen molar-refractivity contribution >= 4 is 72.8 Å². The zero-order valence-electron chi connectivity index (χ0n) is 31.5. The smallest absolute Gasteiger partial charge is 0.329 e. The summed E-state index contributed by atoms with van der Waals surface area (Å²) in [7, 11) is 0. The number of aromatic nitrogens is 2. The fraction of sp³-hybridized carbons (Fsp3) is 0. The van der Waals surface area contributed by atoms with Crippen LogP contribution in [0.4, 0.5) is 11.4 Å². The number of anilines is 2. The van der Waals surface area contributed by atoms with Gasteiger partial charge in [0.1, 0.15) is 0 Å². The van der Waals surface area contributed by atoms with E-state index in [-0.39, 0.29) is 6.85 Å². The van der Waals surface area contributed by atoms with E-state index in [1.807, 2.05) is 0 Å². The van der Waals surface area contributed by atoms with E-state index < -0.39 is 0 Å². The fourth-order valence-corrected chi connectivity index (χ4v) is 10.2. The first-order valence-electron chi connectivity index (χ1n) is 20.1. The Morgan fingerprint density at radius 2 is 0.741 bits per heavy atom. The third-order valence-corrected chi connectivity index (χ3v) is 12.7. The summed E-state index contributed by atoms with van der Waals surface area (Å²) in [5.41, 5.74) is 19.8. The van der Waals surface area contributed by atoms with Crippen molar-refractivity contribution in [2.45, 2.75) is 0 Å². The lowest BCUT2D eigenvalue weighted by Crippen LogP contribution is -2.59. The van der Waals surface area contributed by atoms with Crippen LogP contribution in [0.3, 0.4) is 0 Å². The van der Waals surface area contributed by atoms with Crippen LogP contribution in [0.1, 0.15) is 0 Å². The van der Waals surface area contributed by atoms with Crippen LogP contribution < -0.4 is 15.7 Å². The van der Waals surface area contributed by atoms with Crippen LogP contribution in [0.5, 0.6) is 0 Å². The number of benzene rings is 9. The van der Waals surface area contributed by atoms with Gasteiger partial charge in [0, 0.05) is 55.4 Å². The minimum absolute atomic E-state index is 0.0191. The van der Waals surface area contributed by atoms with E-state index in [2.05, 4.69) is 220 Å². The van der Waals surface area contributed by atoms with Crippen LogP contribution >= 0.6 is 0 Å². The molecule has 0 N–H and O–H groups in total. The summed E-state index contributed by atoms with van der Waals surface area (Å²) in [5, 5.41) is 5.08. The van der Waals surface area contributed by atoms with Crippen molar-refractivity contribution < 1.29 is 0 Å². The number of hydrogen-bond acceptors (Lipinski definition) is 1. The lowest BCUT2D eigenvalue weighted by molar-refractivity contribution is 1.18. The van der Waals surface area contributed by atoms with Gasteiger partial charge >= 0.3 is 6.85 Å². The molecule has 4 heteroatoms. The molecule has 11 aromatic rings. The zero-order valence-corrected chi connectivity index (χ0v) is 31.5. The van der Waals surface area contributed by atoms with Gasteiger partial charge in [0.05, 0.1) is 22.1 Å². The van der Waals surface area contributed by atoms with E-state index in [0.717, 1.165) is 0 Å². The van der Waals surface area contributed by atoms with Crippen LogP contribution in [0.25, 0.3) is 88.4 Å². The Kier molecular flexibility index (Phi) is 6.53. The summed E-state index contributed by atoms with van der Waals surface area (Å²) in [6, 6.07) is 76.4. The molecule has 0 aliphatic carbocycles. The van der Waals surface area contributed by atoms with Crippen LogP contribution in [-0.2, 0) is 0 Å². The number of para-hydroxylation sites is 5. The van der Waals surface area contributed by atoms with Gasteiger partial charge < -0.3 is 13.9 Å². The molecule has 2 aliphatic heterocycles. The fourth-order valence-electron chi connectivity index (χ4n) is 10.2. The van der Waals surface area contributed by atoms with Gasteiger partial charge in [-0.3, -0.25) is 0 Å². The molecule has 0 spiro atoms. The van der Waals surface area contributed by atoms with Crippen molar-refractivity contribution in [1.29, 1.82) is 0 Å². The molecular formula is C54H34BN3. The molecule has 2 aromatic heterocycles. The van der Waals surface area contributed by atoms with E-state index in [1.165, 1.54) is 111 Å². The maximum absolute atomic E-state index is 2.60. The second-order valence-corrected chi connectivity index (χ2v) is 15.7. The van der Waals surface area contributed by atoms with Crippen molar-refractivity contribution in [2.24, 2.45) is 0 Å². The number of nitrogens with zero attached hydrogens (tertiary/aromatic N) is 3. The predicted octanol–water partition coefficient (Wildman–Crippen LogP) is 12.5. The number of rotatable bonds is 3. The SMILES string of the molecule is c1ccc(-c2ccc3c(c2)-c2cc(-n4c5ccccc5c5ccccc54)ccc2B2c4ccc(-n5c6ccccc6c6ccccc65)cc4-c4ccccc4N23)cc1. The molecule has 9 aromatic carbocycles.